The third kappa shape index (κ3) is 2.58. The Labute approximate surface area is 118 Å². The Bertz CT molecular complexity index is 507. The maximum atomic E-state index is 11.4. The predicted octanol–water partition coefficient (Wildman–Crippen LogP) is 2.52. The first-order valence-corrected chi connectivity index (χ1v) is 6.80. The summed E-state index contributed by atoms with van der Waals surface area (Å²) in [5.74, 6) is -0.140. The predicted molar refractivity (Wildman–Crippen MR) is 75.5 cm³/mol. The minimum atomic E-state index is -1.02. The topological polar surface area (TPSA) is 81.8 Å². The molecule has 5 nitrogen and oxygen atoms in total. The smallest absolute Gasteiger partial charge is 0.339 e. The van der Waals surface area contributed by atoms with E-state index in [1.807, 2.05) is 0 Å². The molecule has 1 aromatic carbocycles. The van der Waals surface area contributed by atoms with Gasteiger partial charge < -0.3 is 20.3 Å². The van der Waals surface area contributed by atoms with Crippen LogP contribution in [-0.4, -0.2) is 25.3 Å². The molecule has 110 valence electrons. The zero-order chi connectivity index (χ0) is 14.8. The van der Waals surface area contributed by atoms with Gasteiger partial charge in [-0.25, -0.2) is 4.79 Å². The van der Waals surface area contributed by atoms with Crippen molar-refractivity contribution < 1.29 is 19.4 Å². The summed E-state index contributed by atoms with van der Waals surface area (Å²) >= 11 is 0. The maximum absolute atomic E-state index is 11.4. The van der Waals surface area contributed by atoms with Gasteiger partial charge in [-0.05, 0) is 18.9 Å². The lowest BCUT2D eigenvalue weighted by atomic mass is 9.76. The summed E-state index contributed by atoms with van der Waals surface area (Å²) in [5.41, 5.74) is 6.88. The molecular weight excluding hydrogens is 258 g/mol. The molecule has 0 radical (unpaired) electrons. The van der Waals surface area contributed by atoms with E-state index in [1.165, 1.54) is 13.5 Å². The number of carboxylic acids is 1. The first kappa shape index (κ1) is 14.7. The number of hydrogen-bond acceptors (Lipinski definition) is 4. The van der Waals surface area contributed by atoms with Crippen molar-refractivity contribution in [1.29, 1.82) is 0 Å². The molecule has 0 spiro atoms. The second-order valence-corrected chi connectivity index (χ2v) is 5.27. The summed E-state index contributed by atoms with van der Waals surface area (Å²) in [6.07, 6.45) is 4.95. The van der Waals surface area contributed by atoms with Crippen molar-refractivity contribution in [2.75, 3.05) is 14.2 Å². The summed E-state index contributed by atoms with van der Waals surface area (Å²) < 4.78 is 10.5. The Balaban J connectivity index is 2.55. The van der Waals surface area contributed by atoms with Crippen molar-refractivity contribution in [2.45, 2.75) is 37.6 Å². The van der Waals surface area contributed by atoms with Gasteiger partial charge in [0, 0.05) is 17.2 Å². The van der Waals surface area contributed by atoms with Crippen molar-refractivity contribution in [3.05, 3.63) is 23.3 Å². The Hall–Kier alpha value is -1.75. The Kier molecular flexibility index (Phi) is 4.18. The number of hydrogen-bond donors (Lipinski definition) is 2. The van der Waals surface area contributed by atoms with Gasteiger partial charge in [0.25, 0.3) is 0 Å². The van der Waals surface area contributed by atoms with E-state index in [1.54, 1.807) is 19.2 Å². The third-order valence-corrected chi connectivity index (χ3v) is 4.03. The van der Waals surface area contributed by atoms with E-state index in [9.17, 15) is 9.90 Å². The number of ether oxygens (including phenoxy) is 2. The number of methoxy groups -OCH3 is 2. The summed E-state index contributed by atoms with van der Waals surface area (Å²) in [6, 6.07) is 3.22. The highest BCUT2D eigenvalue weighted by Gasteiger charge is 2.33. The fourth-order valence-electron chi connectivity index (χ4n) is 2.91. The van der Waals surface area contributed by atoms with E-state index in [0.29, 0.717) is 5.75 Å². The molecule has 5 heteroatoms. The number of carboxylic acid groups (broad SMARTS) is 1. The van der Waals surface area contributed by atoms with Crippen LogP contribution in [0.2, 0.25) is 0 Å². The zero-order valence-corrected chi connectivity index (χ0v) is 11.9. The van der Waals surface area contributed by atoms with Gasteiger partial charge in [0.15, 0.2) is 0 Å². The molecule has 0 heterocycles. The molecule has 1 fully saturated rings. The molecule has 0 amide bonds. The van der Waals surface area contributed by atoms with Gasteiger partial charge in [0.1, 0.15) is 17.1 Å². The fourth-order valence-corrected chi connectivity index (χ4v) is 2.91. The van der Waals surface area contributed by atoms with Crippen molar-refractivity contribution in [3.63, 3.8) is 0 Å². The molecule has 0 atom stereocenters. The van der Waals surface area contributed by atoms with Gasteiger partial charge in [-0.1, -0.05) is 19.3 Å². The Morgan fingerprint density at radius 3 is 2.25 bits per heavy atom. The van der Waals surface area contributed by atoms with Crippen LogP contribution in [0.15, 0.2) is 12.1 Å². The van der Waals surface area contributed by atoms with Crippen LogP contribution in [0.5, 0.6) is 11.5 Å². The van der Waals surface area contributed by atoms with Crippen LogP contribution in [0.4, 0.5) is 0 Å². The van der Waals surface area contributed by atoms with Crippen LogP contribution in [0.25, 0.3) is 0 Å². The van der Waals surface area contributed by atoms with E-state index in [4.69, 9.17) is 15.2 Å². The lowest BCUT2D eigenvalue weighted by molar-refractivity contribution is 0.0693. The van der Waals surface area contributed by atoms with Crippen molar-refractivity contribution in [1.82, 2.24) is 0 Å². The second-order valence-electron chi connectivity index (χ2n) is 5.27. The normalized spacial score (nSPS) is 17.6. The third-order valence-electron chi connectivity index (χ3n) is 4.03. The van der Waals surface area contributed by atoms with E-state index in [-0.39, 0.29) is 11.3 Å². The molecule has 1 saturated carbocycles. The van der Waals surface area contributed by atoms with Crippen molar-refractivity contribution in [3.8, 4) is 11.5 Å². The highest BCUT2D eigenvalue weighted by Crippen LogP contribution is 2.41. The molecule has 0 aromatic heterocycles. The van der Waals surface area contributed by atoms with Gasteiger partial charge in [-0.3, -0.25) is 0 Å². The van der Waals surface area contributed by atoms with Crippen LogP contribution in [-0.2, 0) is 5.54 Å². The molecular formula is C15H21NO4. The highest BCUT2D eigenvalue weighted by atomic mass is 16.5. The molecule has 0 bridgehead atoms. The van der Waals surface area contributed by atoms with Crippen LogP contribution in [0.3, 0.4) is 0 Å². The maximum Gasteiger partial charge on any atom is 0.339 e. The number of aromatic carboxylic acids is 1. The zero-order valence-electron chi connectivity index (χ0n) is 11.9. The van der Waals surface area contributed by atoms with E-state index >= 15 is 0 Å². The molecule has 20 heavy (non-hydrogen) atoms. The number of rotatable bonds is 4. The molecule has 1 aliphatic carbocycles. The van der Waals surface area contributed by atoms with Crippen LogP contribution < -0.4 is 15.2 Å². The molecule has 0 saturated heterocycles. The van der Waals surface area contributed by atoms with Gasteiger partial charge in [0.2, 0.25) is 0 Å². The quantitative estimate of drug-likeness (QED) is 0.885. The Morgan fingerprint density at radius 2 is 1.75 bits per heavy atom. The molecule has 1 aliphatic rings. The lowest BCUT2D eigenvalue weighted by Crippen LogP contribution is -2.39. The van der Waals surface area contributed by atoms with Crippen LogP contribution in [0, 0.1) is 0 Å². The SMILES string of the molecule is COc1cc(OC)c(C2(N)CCCCC2)cc1C(=O)O. The summed E-state index contributed by atoms with van der Waals surface area (Å²) in [4.78, 5) is 11.4. The standard InChI is InChI=1S/C15H21NO4/c1-19-12-9-13(20-2)11(8-10(12)14(17)18)15(16)6-4-3-5-7-15/h8-9H,3-7,16H2,1-2H3,(H,17,18). The minimum absolute atomic E-state index is 0.124. The number of nitrogens with two attached hydrogens (primary N) is 1. The number of benzene rings is 1. The summed E-state index contributed by atoms with van der Waals surface area (Å²) in [7, 11) is 3.00. The fraction of sp³-hybridized carbons (Fsp3) is 0.533. The van der Waals surface area contributed by atoms with Crippen LogP contribution >= 0.6 is 0 Å². The van der Waals surface area contributed by atoms with Crippen LogP contribution in [0.1, 0.15) is 48.0 Å². The van der Waals surface area contributed by atoms with E-state index < -0.39 is 11.5 Å². The van der Waals surface area contributed by atoms with E-state index in [2.05, 4.69) is 0 Å². The van der Waals surface area contributed by atoms with Gasteiger partial charge in [0.05, 0.1) is 14.2 Å². The molecule has 1 aromatic rings. The molecule has 3 N–H and O–H groups in total. The first-order valence-electron chi connectivity index (χ1n) is 6.80. The average Bonchev–Trinajstić information content (AvgIpc) is 2.46. The minimum Gasteiger partial charge on any atom is -0.496 e. The van der Waals surface area contributed by atoms with Gasteiger partial charge in [-0.2, -0.15) is 0 Å². The monoisotopic (exact) mass is 279 g/mol. The summed E-state index contributed by atoms with van der Waals surface area (Å²) in [6.45, 7) is 0. The van der Waals surface area contributed by atoms with Crippen molar-refractivity contribution >= 4 is 5.97 Å². The molecule has 0 aliphatic heterocycles. The van der Waals surface area contributed by atoms with Crippen molar-refractivity contribution in [2.24, 2.45) is 5.73 Å². The summed E-state index contributed by atoms with van der Waals surface area (Å²) in [5, 5.41) is 9.31. The van der Waals surface area contributed by atoms with Gasteiger partial charge in [-0.15, -0.1) is 0 Å². The second kappa shape index (κ2) is 5.71. The highest BCUT2D eigenvalue weighted by molar-refractivity contribution is 5.91. The lowest BCUT2D eigenvalue weighted by Gasteiger charge is -2.35. The Morgan fingerprint density at radius 1 is 1.15 bits per heavy atom. The van der Waals surface area contributed by atoms with Gasteiger partial charge >= 0.3 is 5.97 Å². The molecule has 0 unspecified atom stereocenters. The largest absolute Gasteiger partial charge is 0.496 e. The van der Waals surface area contributed by atoms with E-state index in [0.717, 1.165) is 31.2 Å². The molecule has 2 rings (SSSR count). The average molecular weight is 279 g/mol. The first-order chi connectivity index (χ1) is 9.51. The number of carbonyl (C=O) groups is 1.